The molecule has 2 saturated heterocycles. The Kier molecular flexibility index (Phi) is 5.71. The zero-order valence-corrected chi connectivity index (χ0v) is 15.5. The average molecular weight is 323 g/mol. The molecule has 0 aromatic carbocycles. The summed E-state index contributed by atoms with van der Waals surface area (Å²) in [4.78, 5) is 30.3. The molecule has 2 amide bonds. The Morgan fingerprint density at radius 1 is 1.30 bits per heavy atom. The summed E-state index contributed by atoms with van der Waals surface area (Å²) in [5.41, 5.74) is 0.394. The van der Waals surface area contributed by atoms with Gasteiger partial charge in [0.1, 0.15) is 6.04 Å². The third kappa shape index (κ3) is 4.69. The predicted octanol–water partition coefficient (Wildman–Crippen LogP) is 1.97. The summed E-state index contributed by atoms with van der Waals surface area (Å²) in [5.74, 6) is 0.201. The molecule has 0 N–H and O–H groups in total. The van der Waals surface area contributed by atoms with Gasteiger partial charge in [0, 0.05) is 39.6 Å². The lowest BCUT2D eigenvalue weighted by atomic mass is 9.90. The molecule has 0 aromatic rings. The van der Waals surface area contributed by atoms with Crippen molar-refractivity contribution in [1.82, 2.24) is 14.7 Å². The highest BCUT2D eigenvalue weighted by Gasteiger charge is 2.38. The zero-order chi connectivity index (χ0) is 17.2. The van der Waals surface area contributed by atoms with E-state index in [9.17, 15) is 9.59 Å². The van der Waals surface area contributed by atoms with Crippen molar-refractivity contribution in [3.8, 4) is 0 Å². The van der Waals surface area contributed by atoms with Crippen LogP contribution in [0.3, 0.4) is 0 Å². The Balaban J connectivity index is 1.79. The van der Waals surface area contributed by atoms with Crippen molar-refractivity contribution in [2.75, 3.05) is 33.7 Å². The number of likely N-dealkylation sites (N-methyl/N-ethyl adjacent to an activating group) is 2. The van der Waals surface area contributed by atoms with Crippen molar-refractivity contribution >= 4 is 11.8 Å². The van der Waals surface area contributed by atoms with E-state index in [-0.39, 0.29) is 17.9 Å². The summed E-state index contributed by atoms with van der Waals surface area (Å²) in [5, 5.41) is 0. The number of carbonyl (C=O) groups excluding carboxylic acids is 2. The SMILES string of the molecule is CN(C(=O)[C@@H]1CCC(=O)N1C)C1CCN(CCCC(C)(C)C)C1. The Morgan fingerprint density at radius 2 is 2.00 bits per heavy atom. The van der Waals surface area contributed by atoms with Crippen LogP contribution in [0.25, 0.3) is 0 Å². The van der Waals surface area contributed by atoms with E-state index in [4.69, 9.17) is 0 Å². The number of likely N-dealkylation sites (tertiary alicyclic amines) is 2. The number of hydrogen-bond acceptors (Lipinski definition) is 3. The van der Waals surface area contributed by atoms with Crippen molar-refractivity contribution in [3.05, 3.63) is 0 Å². The Hall–Kier alpha value is -1.10. The van der Waals surface area contributed by atoms with Gasteiger partial charge in [-0.05, 0) is 37.6 Å². The molecule has 2 heterocycles. The smallest absolute Gasteiger partial charge is 0.245 e. The second-order valence-electron chi connectivity index (χ2n) is 8.42. The van der Waals surface area contributed by atoms with Crippen LogP contribution in [0.5, 0.6) is 0 Å². The van der Waals surface area contributed by atoms with Crippen LogP contribution in [0.1, 0.15) is 52.9 Å². The van der Waals surface area contributed by atoms with Crippen molar-refractivity contribution in [3.63, 3.8) is 0 Å². The van der Waals surface area contributed by atoms with Crippen LogP contribution >= 0.6 is 0 Å². The minimum atomic E-state index is -0.248. The van der Waals surface area contributed by atoms with E-state index in [1.54, 1.807) is 11.9 Å². The van der Waals surface area contributed by atoms with Crippen LogP contribution in [0.2, 0.25) is 0 Å². The molecule has 2 rings (SSSR count). The van der Waals surface area contributed by atoms with Crippen LogP contribution in [-0.4, -0.2) is 72.3 Å². The highest BCUT2D eigenvalue weighted by atomic mass is 16.2. The number of nitrogens with zero attached hydrogens (tertiary/aromatic N) is 3. The molecule has 0 radical (unpaired) electrons. The van der Waals surface area contributed by atoms with E-state index in [0.717, 1.165) is 26.1 Å². The van der Waals surface area contributed by atoms with E-state index < -0.39 is 0 Å². The van der Waals surface area contributed by atoms with E-state index in [2.05, 4.69) is 25.7 Å². The van der Waals surface area contributed by atoms with Gasteiger partial charge in [-0.2, -0.15) is 0 Å². The standard InChI is InChI=1S/C18H33N3O2/c1-18(2,3)10-6-11-21-12-9-14(13-21)19(4)17(23)15-7-8-16(22)20(15)5/h14-15H,6-13H2,1-5H3/t14?,15-/m0/s1. The first-order valence-electron chi connectivity index (χ1n) is 8.94. The van der Waals surface area contributed by atoms with Gasteiger partial charge in [0.2, 0.25) is 11.8 Å². The monoisotopic (exact) mass is 323 g/mol. The molecular formula is C18H33N3O2. The quantitative estimate of drug-likeness (QED) is 0.777. The van der Waals surface area contributed by atoms with Gasteiger partial charge < -0.3 is 14.7 Å². The first-order chi connectivity index (χ1) is 10.7. The molecule has 132 valence electrons. The van der Waals surface area contributed by atoms with Crippen LogP contribution in [0.15, 0.2) is 0 Å². The van der Waals surface area contributed by atoms with E-state index in [1.807, 2.05) is 11.9 Å². The summed E-state index contributed by atoms with van der Waals surface area (Å²) < 4.78 is 0. The molecular weight excluding hydrogens is 290 g/mol. The summed E-state index contributed by atoms with van der Waals surface area (Å²) in [6.45, 7) is 10.0. The van der Waals surface area contributed by atoms with Gasteiger partial charge in [0.25, 0.3) is 0 Å². The molecule has 23 heavy (non-hydrogen) atoms. The largest absolute Gasteiger partial charge is 0.340 e. The Morgan fingerprint density at radius 3 is 2.57 bits per heavy atom. The fraction of sp³-hybridized carbons (Fsp3) is 0.889. The zero-order valence-electron chi connectivity index (χ0n) is 15.5. The first-order valence-corrected chi connectivity index (χ1v) is 8.94. The molecule has 2 aliphatic rings. The molecule has 0 aromatic heterocycles. The van der Waals surface area contributed by atoms with Crippen molar-refractivity contribution in [2.24, 2.45) is 5.41 Å². The molecule has 2 aliphatic heterocycles. The molecule has 0 aliphatic carbocycles. The molecule has 5 heteroatoms. The number of carbonyl (C=O) groups is 2. The second-order valence-corrected chi connectivity index (χ2v) is 8.42. The van der Waals surface area contributed by atoms with Gasteiger partial charge in [-0.1, -0.05) is 20.8 Å². The highest BCUT2D eigenvalue weighted by Crippen LogP contribution is 2.24. The fourth-order valence-electron chi connectivity index (χ4n) is 3.67. The van der Waals surface area contributed by atoms with Gasteiger partial charge in [0.15, 0.2) is 0 Å². The van der Waals surface area contributed by atoms with Crippen molar-refractivity contribution in [1.29, 1.82) is 0 Å². The first kappa shape index (κ1) is 18.2. The lowest BCUT2D eigenvalue weighted by Gasteiger charge is -2.30. The molecule has 0 bridgehead atoms. The maximum Gasteiger partial charge on any atom is 0.245 e. The number of amides is 2. The van der Waals surface area contributed by atoms with Crippen LogP contribution in [0, 0.1) is 5.41 Å². The maximum absolute atomic E-state index is 12.7. The van der Waals surface area contributed by atoms with Gasteiger partial charge in [-0.25, -0.2) is 0 Å². The summed E-state index contributed by atoms with van der Waals surface area (Å²) in [6, 6.07) is 0.0451. The van der Waals surface area contributed by atoms with Gasteiger partial charge in [0.05, 0.1) is 0 Å². The third-order valence-electron chi connectivity index (χ3n) is 5.32. The molecule has 0 saturated carbocycles. The molecule has 0 spiro atoms. The molecule has 5 nitrogen and oxygen atoms in total. The summed E-state index contributed by atoms with van der Waals surface area (Å²) in [6.07, 6.45) is 4.67. The topological polar surface area (TPSA) is 43.9 Å². The fourth-order valence-corrected chi connectivity index (χ4v) is 3.67. The van der Waals surface area contributed by atoms with Gasteiger partial charge in [-0.15, -0.1) is 0 Å². The lowest BCUT2D eigenvalue weighted by molar-refractivity contribution is -0.140. The lowest BCUT2D eigenvalue weighted by Crippen LogP contribution is -2.48. The Bertz CT molecular complexity index is 444. The molecule has 2 fully saturated rings. The molecule has 1 unspecified atom stereocenters. The average Bonchev–Trinajstić information content (AvgIpc) is 3.05. The number of rotatable bonds is 5. The van der Waals surface area contributed by atoms with E-state index in [0.29, 0.717) is 24.3 Å². The number of hydrogen-bond donors (Lipinski definition) is 0. The van der Waals surface area contributed by atoms with E-state index in [1.165, 1.54) is 12.8 Å². The predicted molar refractivity (Wildman–Crippen MR) is 92.1 cm³/mol. The van der Waals surface area contributed by atoms with Crippen LogP contribution < -0.4 is 0 Å². The summed E-state index contributed by atoms with van der Waals surface area (Å²) in [7, 11) is 3.65. The van der Waals surface area contributed by atoms with Gasteiger partial charge in [-0.3, -0.25) is 9.59 Å². The van der Waals surface area contributed by atoms with Crippen molar-refractivity contribution in [2.45, 2.75) is 65.0 Å². The second kappa shape index (κ2) is 7.20. The maximum atomic E-state index is 12.7. The van der Waals surface area contributed by atoms with E-state index >= 15 is 0 Å². The summed E-state index contributed by atoms with van der Waals surface area (Å²) >= 11 is 0. The van der Waals surface area contributed by atoms with Gasteiger partial charge >= 0.3 is 0 Å². The Labute approximate surface area is 141 Å². The minimum absolute atomic E-state index is 0.0898. The van der Waals surface area contributed by atoms with Crippen molar-refractivity contribution < 1.29 is 9.59 Å². The highest BCUT2D eigenvalue weighted by molar-refractivity contribution is 5.90. The van der Waals surface area contributed by atoms with Crippen LogP contribution in [0.4, 0.5) is 0 Å². The normalized spacial score (nSPS) is 26.1. The third-order valence-corrected chi connectivity index (χ3v) is 5.32. The minimum Gasteiger partial charge on any atom is -0.340 e. The van der Waals surface area contributed by atoms with Crippen LogP contribution in [-0.2, 0) is 9.59 Å². The molecule has 2 atom stereocenters.